The number of nitrogens with one attached hydrogen (secondary N) is 1. The molecule has 1 N–H and O–H groups in total. The van der Waals surface area contributed by atoms with Gasteiger partial charge in [-0.1, -0.05) is 32.8 Å². The number of rotatable bonds is 6. The minimum Gasteiger partial charge on any atom is -0.454 e. The van der Waals surface area contributed by atoms with Gasteiger partial charge in [0.15, 0.2) is 11.5 Å². The minimum absolute atomic E-state index is 0.342. The Labute approximate surface area is 109 Å². The zero-order valence-electron chi connectivity index (χ0n) is 11.5. The molecule has 0 aromatic heterocycles. The predicted molar refractivity (Wildman–Crippen MR) is 73.1 cm³/mol. The van der Waals surface area contributed by atoms with Crippen molar-refractivity contribution in [1.29, 1.82) is 0 Å². The molecule has 1 aliphatic rings. The van der Waals surface area contributed by atoms with Crippen LogP contribution in [0.2, 0.25) is 0 Å². The fourth-order valence-electron chi connectivity index (χ4n) is 2.22. The van der Waals surface area contributed by atoms with E-state index < -0.39 is 0 Å². The molecule has 1 unspecified atom stereocenters. The zero-order valence-corrected chi connectivity index (χ0v) is 11.5. The van der Waals surface area contributed by atoms with Gasteiger partial charge in [0.1, 0.15) is 0 Å². The Morgan fingerprint density at radius 1 is 1.17 bits per heavy atom. The van der Waals surface area contributed by atoms with Crippen molar-refractivity contribution in [2.75, 3.05) is 13.3 Å². The third-order valence-electron chi connectivity index (χ3n) is 3.76. The number of hydrogen-bond donors (Lipinski definition) is 1. The third kappa shape index (κ3) is 2.96. The highest BCUT2D eigenvalue weighted by Crippen LogP contribution is 2.34. The number of benzene rings is 1. The van der Waals surface area contributed by atoms with Crippen LogP contribution in [0.15, 0.2) is 18.2 Å². The van der Waals surface area contributed by atoms with Gasteiger partial charge >= 0.3 is 0 Å². The first-order chi connectivity index (χ1) is 8.74. The van der Waals surface area contributed by atoms with Gasteiger partial charge in [-0.3, -0.25) is 0 Å². The van der Waals surface area contributed by atoms with Crippen LogP contribution in [0.1, 0.15) is 45.2 Å². The molecule has 0 fully saturated rings. The van der Waals surface area contributed by atoms with Crippen LogP contribution in [0.3, 0.4) is 0 Å². The first-order valence-corrected chi connectivity index (χ1v) is 6.87. The fraction of sp³-hybridized carbons (Fsp3) is 0.600. The molecule has 0 radical (unpaired) electrons. The average Bonchev–Trinajstić information content (AvgIpc) is 2.86. The molecule has 3 nitrogen and oxygen atoms in total. The fourth-order valence-corrected chi connectivity index (χ4v) is 2.22. The smallest absolute Gasteiger partial charge is 0.231 e. The molecule has 3 heteroatoms. The van der Waals surface area contributed by atoms with Crippen molar-refractivity contribution < 1.29 is 9.47 Å². The SMILES string of the molecule is CCC(CC)CNC(C)c1ccc2c(c1)OCO2. The van der Waals surface area contributed by atoms with Crippen LogP contribution in [0, 0.1) is 5.92 Å². The van der Waals surface area contributed by atoms with E-state index in [0.29, 0.717) is 12.8 Å². The Balaban J connectivity index is 1.94. The van der Waals surface area contributed by atoms with E-state index in [4.69, 9.17) is 9.47 Å². The van der Waals surface area contributed by atoms with Crippen molar-refractivity contribution in [3.8, 4) is 11.5 Å². The van der Waals surface area contributed by atoms with Crippen molar-refractivity contribution in [3.63, 3.8) is 0 Å². The third-order valence-corrected chi connectivity index (χ3v) is 3.76. The summed E-state index contributed by atoms with van der Waals surface area (Å²) in [5, 5.41) is 3.60. The lowest BCUT2D eigenvalue weighted by atomic mass is 10.0. The van der Waals surface area contributed by atoms with Gasteiger partial charge in [-0.05, 0) is 37.1 Å². The lowest BCUT2D eigenvalue weighted by Gasteiger charge is -2.19. The summed E-state index contributed by atoms with van der Waals surface area (Å²) in [4.78, 5) is 0. The average molecular weight is 249 g/mol. The maximum Gasteiger partial charge on any atom is 0.231 e. The van der Waals surface area contributed by atoms with Gasteiger partial charge in [0, 0.05) is 6.04 Å². The van der Waals surface area contributed by atoms with E-state index in [0.717, 1.165) is 24.0 Å². The van der Waals surface area contributed by atoms with Crippen molar-refractivity contribution in [3.05, 3.63) is 23.8 Å². The van der Waals surface area contributed by atoms with Gasteiger partial charge in [-0.2, -0.15) is 0 Å². The Morgan fingerprint density at radius 3 is 2.61 bits per heavy atom. The summed E-state index contributed by atoms with van der Waals surface area (Å²) in [6.07, 6.45) is 2.47. The molecule has 0 spiro atoms. The van der Waals surface area contributed by atoms with E-state index in [2.05, 4.69) is 38.2 Å². The zero-order chi connectivity index (χ0) is 13.0. The normalized spacial score (nSPS) is 15.1. The molecule has 18 heavy (non-hydrogen) atoms. The summed E-state index contributed by atoms with van der Waals surface area (Å²) in [5.41, 5.74) is 1.25. The summed E-state index contributed by atoms with van der Waals surface area (Å²) in [7, 11) is 0. The molecule has 0 aliphatic carbocycles. The molecule has 0 saturated carbocycles. The van der Waals surface area contributed by atoms with Gasteiger partial charge in [0.25, 0.3) is 0 Å². The molecule has 100 valence electrons. The highest BCUT2D eigenvalue weighted by atomic mass is 16.7. The molecule has 2 rings (SSSR count). The largest absolute Gasteiger partial charge is 0.454 e. The summed E-state index contributed by atoms with van der Waals surface area (Å²) in [6, 6.07) is 6.53. The summed E-state index contributed by atoms with van der Waals surface area (Å²) < 4.78 is 10.7. The van der Waals surface area contributed by atoms with E-state index in [1.165, 1.54) is 18.4 Å². The molecule has 1 heterocycles. The monoisotopic (exact) mass is 249 g/mol. The van der Waals surface area contributed by atoms with Gasteiger partial charge < -0.3 is 14.8 Å². The molecule has 1 aromatic carbocycles. The van der Waals surface area contributed by atoms with E-state index in [1.54, 1.807) is 0 Å². The summed E-state index contributed by atoms with van der Waals surface area (Å²) in [6.45, 7) is 8.11. The van der Waals surface area contributed by atoms with Crippen molar-refractivity contribution in [2.45, 2.75) is 39.7 Å². The second-order valence-electron chi connectivity index (χ2n) is 4.93. The van der Waals surface area contributed by atoms with Gasteiger partial charge in [0.05, 0.1) is 0 Å². The Hall–Kier alpha value is -1.22. The van der Waals surface area contributed by atoms with E-state index in [9.17, 15) is 0 Å². The number of fused-ring (bicyclic) bond motifs is 1. The molecule has 1 aromatic rings. The van der Waals surface area contributed by atoms with Crippen LogP contribution in [-0.4, -0.2) is 13.3 Å². The second-order valence-corrected chi connectivity index (χ2v) is 4.93. The molecular weight excluding hydrogens is 226 g/mol. The molecule has 1 atom stereocenters. The molecule has 0 saturated heterocycles. The standard InChI is InChI=1S/C15H23NO2/c1-4-12(5-2)9-16-11(3)13-6-7-14-15(8-13)18-10-17-14/h6-8,11-12,16H,4-5,9-10H2,1-3H3. The number of ether oxygens (including phenoxy) is 2. The van der Waals surface area contributed by atoms with Crippen molar-refractivity contribution >= 4 is 0 Å². The Bertz CT molecular complexity index is 388. The Morgan fingerprint density at radius 2 is 1.89 bits per heavy atom. The minimum atomic E-state index is 0.342. The van der Waals surface area contributed by atoms with E-state index in [1.807, 2.05) is 6.07 Å². The van der Waals surface area contributed by atoms with Crippen LogP contribution in [0.4, 0.5) is 0 Å². The van der Waals surface area contributed by atoms with Gasteiger partial charge in [0.2, 0.25) is 6.79 Å². The molecule has 0 amide bonds. The van der Waals surface area contributed by atoms with Crippen LogP contribution in [0.25, 0.3) is 0 Å². The molecule has 0 bridgehead atoms. The first kappa shape index (κ1) is 13.2. The molecule has 1 aliphatic heterocycles. The quantitative estimate of drug-likeness (QED) is 0.837. The van der Waals surface area contributed by atoms with E-state index in [-0.39, 0.29) is 0 Å². The Kier molecular flexibility index (Phi) is 4.48. The molecular formula is C15H23NO2. The van der Waals surface area contributed by atoms with Crippen LogP contribution >= 0.6 is 0 Å². The predicted octanol–water partition coefficient (Wildman–Crippen LogP) is 3.50. The lowest BCUT2D eigenvalue weighted by Crippen LogP contribution is -2.25. The summed E-state index contributed by atoms with van der Waals surface area (Å²) in [5.74, 6) is 2.48. The maximum atomic E-state index is 5.41. The summed E-state index contributed by atoms with van der Waals surface area (Å²) >= 11 is 0. The highest BCUT2D eigenvalue weighted by Gasteiger charge is 2.16. The van der Waals surface area contributed by atoms with Crippen LogP contribution in [-0.2, 0) is 0 Å². The number of hydrogen-bond acceptors (Lipinski definition) is 3. The first-order valence-electron chi connectivity index (χ1n) is 6.87. The van der Waals surface area contributed by atoms with Gasteiger partial charge in [-0.15, -0.1) is 0 Å². The van der Waals surface area contributed by atoms with Gasteiger partial charge in [-0.25, -0.2) is 0 Å². The second kappa shape index (κ2) is 6.10. The van der Waals surface area contributed by atoms with Crippen molar-refractivity contribution in [2.24, 2.45) is 5.92 Å². The lowest BCUT2D eigenvalue weighted by molar-refractivity contribution is 0.174. The topological polar surface area (TPSA) is 30.5 Å². The van der Waals surface area contributed by atoms with E-state index >= 15 is 0 Å². The van der Waals surface area contributed by atoms with Crippen LogP contribution in [0.5, 0.6) is 11.5 Å². The van der Waals surface area contributed by atoms with Crippen LogP contribution < -0.4 is 14.8 Å². The van der Waals surface area contributed by atoms with Crippen molar-refractivity contribution in [1.82, 2.24) is 5.32 Å². The highest BCUT2D eigenvalue weighted by molar-refractivity contribution is 5.45. The maximum absolute atomic E-state index is 5.41.